The zero-order valence-corrected chi connectivity index (χ0v) is 10.8. The first-order chi connectivity index (χ1) is 5.53. The zero-order chi connectivity index (χ0) is 9.19. The number of ketones is 1. The van der Waals surface area contributed by atoms with E-state index in [1.54, 1.807) is 0 Å². The van der Waals surface area contributed by atoms with Crippen molar-refractivity contribution in [3.05, 3.63) is 0 Å². The van der Waals surface area contributed by atoms with E-state index in [1.165, 1.54) is 0 Å². The molecule has 1 aliphatic rings. The predicted octanol–water partition coefficient (Wildman–Crippen LogP) is 2.30. The third kappa shape index (κ3) is 3.14. The fourth-order valence-electron chi connectivity index (χ4n) is 1.36. The summed E-state index contributed by atoms with van der Waals surface area (Å²) < 4.78 is 7.04. The molecule has 0 bridgehead atoms. The summed E-state index contributed by atoms with van der Waals surface area (Å²) in [5.74, 6) is 0.373. The van der Waals surface area contributed by atoms with Crippen molar-refractivity contribution >= 4 is 36.7 Å². The first kappa shape index (κ1) is 10.7. The molecule has 1 atom stereocenters. The molecule has 1 saturated carbocycles. The topological polar surface area (TPSA) is 26.3 Å². The normalized spacial score (nSPS) is 24.9. The van der Waals surface area contributed by atoms with Gasteiger partial charge in [0.25, 0.3) is 0 Å². The molecule has 70 valence electrons. The SMILES string of the molecule is C[Si](C)(CI)O[C@H]1CCC(=O)C1. The highest BCUT2D eigenvalue weighted by atomic mass is 127. The Morgan fingerprint density at radius 3 is 2.75 bits per heavy atom. The molecule has 0 aromatic carbocycles. The molecule has 0 aromatic rings. The van der Waals surface area contributed by atoms with E-state index in [0.29, 0.717) is 12.2 Å². The van der Waals surface area contributed by atoms with Gasteiger partial charge >= 0.3 is 0 Å². The molecular weight excluding hydrogens is 283 g/mol. The molecule has 1 fully saturated rings. The molecule has 0 spiro atoms. The Hall–Kier alpha value is 0.577. The molecule has 1 aliphatic carbocycles. The van der Waals surface area contributed by atoms with Crippen LogP contribution in [0.1, 0.15) is 19.3 Å². The summed E-state index contributed by atoms with van der Waals surface area (Å²) in [5.41, 5.74) is 0. The van der Waals surface area contributed by atoms with Gasteiger partial charge in [-0.25, -0.2) is 0 Å². The maximum atomic E-state index is 11.0. The lowest BCUT2D eigenvalue weighted by Crippen LogP contribution is -2.36. The van der Waals surface area contributed by atoms with Crippen LogP contribution in [-0.4, -0.2) is 24.3 Å². The highest BCUT2D eigenvalue weighted by molar-refractivity contribution is 14.1. The van der Waals surface area contributed by atoms with Crippen LogP contribution in [0.5, 0.6) is 0 Å². The predicted molar refractivity (Wildman–Crippen MR) is 60.1 cm³/mol. The number of Topliss-reactive ketones (excluding diaryl/α,β-unsaturated/α-hetero) is 1. The van der Waals surface area contributed by atoms with Gasteiger partial charge in [-0.05, 0) is 19.5 Å². The summed E-state index contributed by atoms with van der Waals surface area (Å²) in [4.78, 5) is 11.0. The summed E-state index contributed by atoms with van der Waals surface area (Å²) >= 11 is 2.37. The van der Waals surface area contributed by atoms with Gasteiger partial charge in [0.15, 0.2) is 8.32 Å². The van der Waals surface area contributed by atoms with Crippen molar-refractivity contribution in [2.24, 2.45) is 0 Å². The van der Waals surface area contributed by atoms with Crippen molar-refractivity contribution in [1.82, 2.24) is 0 Å². The molecule has 0 aliphatic heterocycles. The molecule has 2 nitrogen and oxygen atoms in total. The van der Waals surface area contributed by atoms with Crippen LogP contribution >= 0.6 is 22.6 Å². The second-order valence-electron chi connectivity index (χ2n) is 3.91. The van der Waals surface area contributed by atoms with Gasteiger partial charge in [-0.15, -0.1) is 0 Å². The second kappa shape index (κ2) is 4.19. The smallest absolute Gasteiger partial charge is 0.196 e. The molecule has 0 aromatic heterocycles. The van der Waals surface area contributed by atoms with Crippen LogP contribution in [0.4, 0.5) is 0 Å². The summed E-state index contributed by atoms with van der Waals surface area (Å²) in [5, 5.41) is 0. The monoisotopic (exact) mass is 298 g/mol. The van der Waals surface area contributed by atoms with Gasteiger partial charge < -0.3 is 4.43 Å². The van der Waals surface area contributed by atoms with Crippen molar-refractivity contribution < 1.29 is 9.22 Å². The molecule has 4 heteroatoms. The van der Waals surface area contributed by atoms with Gasteiger partial charge in [-0.2, -0.15) is 0 Å². The van der Waals surface area contributed by atoms with Crippen molar-refractivity contribution in [3.63, 3.8) is 0 Å². The van der Waals surface area contributed by atoms with Crippen molar-refractivity contribution in [1.29, 1.82) is 0 Å². The third-order valence-electron chi connectivity index (χ3n) is 2.01. The second-order valence-corrected chi connectivity index (χ2v) is 10.2. The number of hydrogen-bond acceptors (Lipinski definition) is 2. The summed E-state index contributed by atoms with van der Waals surface area (Å²) in [6.07, 6.45) is 2.59. The lowest BCUT2D eigenvalue weighted by atomic mass is 10.3. The Labute approximate surface area is 88.3 Å². The van der Waals surface area contributed by atoms with Gasteiger partial charge in [-0.3, -0.25) is 4.79 Å². The fraction of sp³-hybridized carbons (Fsp3) is 0.875. The third-order valence-corrected chi connectivity index (χ3v) is 9.13. The number of hydrogen-bond donors (Lipinski definition) is 0. The van der Waals surface area contributed by atoms with Crippen molar-refractivity contribution in [2.75, 3.05) is 4.05 Å². The zero-order valence-electron chi connectivity index (χ0n) is 7.60. The Morgan fingerprint density at radius 2 is 2.33 bits per heavy atom. The number of rotatable bonds is 3. The Balaban J connectivity index is 2.36. The molecule has 0 N–H and O–H groups in total. The Kier molecular flexibility index (Phi) is 3.72. The molecule has 0 saturated heterocycles. The summed E-state index contributed by atoms with van der Waals surface area (Å²) in [6, 6.07) is 0. The molecule has 0 unspecified atom stereocenters. The molecule has 0 heterocycles. The minimum atomic E-state index is -1.44. The highest BCUT2D eigenvalue weighted by Gasteiger charge is 2.30. The Bertz CT molecular complexity index is 182. The molecule has 0 amide bonds. The first-order valence-electron chi connectivity index (χ1n) is 4.29. The fourth-order valence-corrected chi connectivity index (χ4v) is 3.07. The largest absolute Gasteiger partial charge is 0.413 e. The minimum absolute atomic E-state index is 0.244. The van der Waals surface area contributed by atoms with Gasteiger partial charge in [-0.1, -0.05) is 22.6 Å². The molecule has 12 heavy (non-hydrogen) atoms. The lowest BCUT2D eigenvalue weighted by molar-refractivity contribution is -0.117. The van der Waals surface area contributed by atoms with Crippen LogP contribution in [0, 0.1) is 0 Å². The maximum Gasteiger partial charge on any atom is 0.196 e. The van der Waals surface area contributed by atoms with Crippen LogP contribution in [0.2, 0.25) is 13.1 Å². The highest BCUT2D eigenvalue weighted by Crippen LogP contribution is 2.22. The lowest BCUT2D eigenvalue weighted by Gasteiger charge is -2.24. The Morgan fingerprint density at radius 1 is 1.67 bits per heavy atom. The van der Waals surface area contributed by atoms with Crippen LogP contribution in [0.3, 0.4) is 0 Å². The van der Waals surface area contributed by atoms with Crippen LogP contribution < -0.4 is 0 Å². The number of carbonyl (C=O) groups is 1. The van der Waals surface area contributed by atoms with E-state index in [0.717, 1.165) is 16.9 Å². The van der Waals surface area contributed by atoms with Gasteiger partial charge in [0, 0.05) is 16.9 Å². The quantitative estimate of drug-likeness (QED) is 0.454. The number of alkyl halides is 1. The minimum Gasteiger partial charge on any atom is -0.413 e. The average molecular weight is 298 g/mol. The van der Waals surface area contributed by atoms with Gasteiger partial charge in [0.05, 0.1) is 6.10 Å². The van der Waals surface area contributed by atoms with Crippen molar-refractivity contribution in [3.8, 4) is 0 Å². The van der Waals surface area contributed by atoms with Crippen LogP contribution in [-0.2, 0) is 9.22 Å². The maximum absolute atomic E-state index is 11.0. The van der Waals surface area contributed by atoms with E-state index in [9.17, 15) is 4.79 Å². The summed E-state index contributed by atoms with van der Waals surface area (Å²) in [6.45, 7) is 4.42. The van der Waals surface area contributed by atoms with Crippen LogP contribution in [0.15, 0.2) is 0 Å². The van der Waals surface area contributed by atoms with E-state index >= 15 is 0 Å². The van der Waals surface area contributed by atoms with E-state index in [-0.39, 0.29) is 6.10 Å². The van der Waals surface area contributed by atoms with E-state index in [2.05, 4.69) is 35.7 Å². The van der Waals surface area contributed by atoms with Crippen LogP contribution in [0.25, 0.3) is 0 Å². The van der Waals surface area contributed by atoms with Crippen molar-refractivity contribution in [2.45, 2.75) is 38.5 Å². The first-order valence-corrected chi connectivity index (χ1v) is 8.93. The average Bonchev–Trinajstić information content (AvgIpc) is 2.35. The molecule has 0 radical (unpaired) electrons. The summed E-state index contributed by atoms with van der Waals surface area (Å²) in [7, 11) is -1.44. The molecule has 1 rings (SSSR count). The van der Waals surface area contributed by atoms with E-state index < -0.39 is 8.32 Å². The van der Waals surface area contributed by atoms with E-state index in [4.69, 9.17) is 4.43 Å². The van der Waals surface area contributed by atoms with Gasteiger partial charge in [0.1, 0.15) is 5.78 Å². The molecular formula is C8H15IO2Si. The van der Waals surface area contributed by atoms with Gasteiger partial charge in [0.2, 0.25) is 0 Å². The standard InChI is InChI=1S/C8H15IO2Si/c1-12(2,6-9)11-8-4-3-7(10)5-8/h8H,3-6H2,1-2H3/t8-/m0/s1. The number of halogens is 1. The number of carbonyl (C=O) groups excluding carboxylic acids is 1. The van der Waals surface area contributed by atoms with E-state index in [1.807, 2.05) is 0 Å².